The number of ether oxygens (including phenoxy) is 4. The number of esters is 4. The van der Waals surface area contributed by atoms with Crippen LogP contribution in [0.5, 0.6) is 0 Å². The van der Waals surface area contributed by atoms with Crippen LogP contribution >= 0.6 is 15.6 Å². The van der Waals surface area contributed by atoms with Crippen molar-refractivity contribution in [1.82, 2.24) is 0 Å². The van der Waals surface area contributed by atoms with E-state index in [2.05, 4.69) is 48.5 Å². The first kappa shape index (κ1) is 88.1. The van der Waals surface area contributed by atoms with E-state index in [-0.39, 0.29) is 25.7 Å². The highest BCUT2D eigenvalue weighted by molar-refractivity contribution is 7.47. The van der Waals surface area contributed by atoms with Crippen molar-refractivity contribution in [3.8, 4) is 0 Å². The van der Waals surface area contributed by atoms with Crippen LogP contribution in [0.2, 0.25) is 0 Å². The number of carbonyl (C=O) groups excluding carboxylic acids is 4. The Morgan fingerprint density at radius 2 is 0.567 bits per heavy atom. The molecule has 0 spiro atoms. The summed E-state index contributed by atoms with van der Waals surface area (Å²) in [5, 5.41) is 10.6. The highest BCUT2D eigenvalue weighted by atomic mass is 31.2. The van der Waals surface area contributed by atoms with Crippen molar-refractivity contribution in [2.75, 3.05) is 39.6 Å². The van der Waals surface area contributed by atoms with E-state index < -0.39 is 97.5 Å². The minimum absolute atomic E-state index is 0.104. The number of hydrogen-bond acceptors (Lipinski definition) is 15. The van der Waals surface area contributed by atoms with Gasteiger partial charge in [-0.15, -0.1) is 0 Å². The molecule has 4 unspecified atom stereocenters. The Morgan fingerprint density at radius 3 is 0.844 bits per heavy atom. The van der Waals surface area contributed by atoms with E-state index in [0.717, 1.165) is 108 Å². The minimum Gasteiger partial charge on any atom is -0.462 e. The zero-order chi connectivity index (χ0) is 66.6. The molecule has 0 amide bonds. The van der Waals surface area contributed by atoms with Gasteiger partial charge in [-0.25, -0.2) is 9.13 Å². The summed E-state index contributed by atoms with van der Waals surface area (Å²) in [5.74, 6) is 0.148. The Morgan fingerprint density at radius 1 is 0.322 bits per heavy atom. The molecule has 0 rings (SSSR count). The molecule has 0 heterocycles. The van der Waals surface area contributed by atoms with Gasteiger partial charge in [-0.3, -0.25) is 37.3 Å². The van der Waals surface area contributed by atoms with Gasteiger partial charge in [-0.1, -0.05) is 305 Å². The average Bonchev–Trinajstić information content (AvgIpc) is 3.21. The van der Waals surface area contributed by atoms with Crippen molar-refractivity contribution < 1.29 is 80.2 Å². The Balaban J connectivity index is 5.27. The van der Waals surface area contributed by atoms with Gasteiger partial charge in [-0.05, 0) is 43.4 Å². The van der Waals surface area contributed by atoms with E-state index >= 15 is 0 Å². The molecule has 0 fully saturated rings. The standard InChI is InChI=1S/C71H138O17P2/c1-8-11-12-13-14-15-16-17-18-19-20-21-33-40-47-54-70(75)87-66(58-82-69(74)53-46-39-32-26-23-29-36-43-50-63(6)9-2)60-85-89(77,78)83-56-65(72)57-84-90(79,80)86-61-67(59-81-68(73)52-45-38-31-25-22-28-35-42-49-62(4)5)88-71(76)55-48-41-34-27-24-30-37-44-51-64(7)10-3/h62-67,72H,8-61H2,1-7H3,(H,77,78)(H,79,80)/t63?,64?,65-,66-,67-/m1/s1. The largest absolute Gasteiger partial charge is 0.472 e. The summed E-state index contributed by atoms with van der Waals surface area (Å²) in [6.07, 6.45) is 45.7. The van der Waals surface area contributed by atoms with Gasteiger partial charge in [0.2, 0.25) is 0 Å². The normalized spacial score (nSPS) is 14.8. The lowest BCUT2D eigenvalue weighted by molar-refractivity contribution is -0.161. The molecule has 19 heteroatoms. The lowest BCUT2D eigenvalue weighted by atomic mass is 9.99. The van der Waals surface area contributed by atoms with Gasteiger partial charge in [0, 0.05) is 25.7 Å². The highest BCUT2D eigenvalue weighted by Gasteiger charge is 2.30. The number of aliphatic hydroxyl groups is 1. The Labute approximate surface area is 549 Å². The number of carbonyl (C=O) groups is 4. The monoisotopic (exact) mass is 1320 g/mol. The number of phosphoric acid groups is 2. The van der Waals surface area contributed by atoms with Crippen LogP contribution in [-0.2, 0) is 65.4 Å². The number of aliphatic hydroxyl groups excluding tert-OH is 1. The van der Waals surface area contributed by atoms with Crippen LogP contribution in [0, 0.1) is 17.8 Å². The summed E-state index contributed by atoms with van der Waals surface area (Å²) in [6.45, 7) is 11.8. The van der Waals surface area contributed by atoms with Gasteiger partial charge < -0.3 is 33.8 Å². The molecular formula is C71H138O17P2. The van der Waals surface area contributed by atoms with Gasteiger partial charge in [0.05, 0.1) is 26.4 Å². The first-order chi connectivity index (χ1) is 43.3. The van der Waals surface area contributed by atoms with E-state index in [1.807, 2.05) is 0 Å². The van der Waals surface area contributed by atoms with Gasteiger partial charge in [-0.2, -0.15) is 0 Å². The third kappa shape index (κ3) is 62.2. The van der Waals surface area contributed by atoms with Gasteiger partial charge in [0.15, 0.2) is 12.2 Å². The summed E-state index contributed by atoms with van der Waals surface area (Å²) in [4.78, 5) is 72.6. The third-order valence-corrected chi connectivity index (χ3v) is 19.0. The second kappa shape index (κ2) is 61.9. The number of unbranched alkanes of at least 4 members (excludes halogenated alkanes) is 35. The van der Waals surface area contributed by atoms with Gasteiger partial charge in [0.25, 0.3) is 0 Å². The van der Waals surface area contributed by atoms with Crippen LogP contribution in [0.1, 0.15) is 357 Å². The van der Waals surface area contributed by atoms with Crippen LogP contribution in [-0.4, -0.2) is 96.7 Å². The zero-order valence-corrected chi connectivity index (χ0v) is 60.4. The van der Waals surface area contributed by atoms with E-state index in [1.165, 1.54) is 167 Å². The van der Waals surface area contributed by atoms with Crippen LogP contribution in [0.25, 0.3) is 0 Å². The molecule has 0 bridgehead atoms. The maximum absolute atomic E-state index is 13.0. The summed E-state index contributed by atoms with van der Waals surface area (Å²) in [5.41, 5.74) is 0. The molecule has 0 aliphatic carbocycles. The molecule has 0 aromatic carbocycles. The van der Waals surface area contributed by atoms with Gasteiger partial charge in [0.1, 0.15) is 19.3 Å². The molecule has 534 valence electrons. The Hall–Kier alpha value is -1.94. The van der Waals surface area contributed by atoms with Crippen molar-refractivity contribution in [3.63, 3.8) is 0 Å². The van der Waals surface area contributed by atoms with E-state index in [0.29, 0.717) is 25.7 Å². The average molecular weight is 1330 g/mol. The number of phosphoric ester groups is 2. The van der Waals surface area contributed by atoms with Crippen molar-refractivity contribution in [2.24, 2.45) is 17.8 Å². The van der Waals surface area contributed by atoms with Crippen LogP contribution < -0.4 is 0 Å². The van der Waals surface area contributed by atoms with Gasteiger partial charge >= 0.3 is 39.5 Å². The van der Waals surface area contributed by atoms with Crippen molar-refractivity contribution in [1.29, 1.82) is 0 Å². The van der Waals surface area contributed by atoms with Crippen molar-refractivity contribution in [3.05, 3.63) is 0 Å². The third-order valence-electron chi connectivity index (χ3n) is 17.1. The predicted molar refractivity (Wildman–Crippen MR) is 363 cm³/mol. The first-order valence-corrected chi connectivity index (χ1v) is 39.9. The van der Waals surface area contributed by atoms with Crippen molar-refractivity contribution >= 4 is 39.5 Å². The number of rotatable bonds is 69. The topological polar surface area (TPSA) is 237 Å². The second-order valence-electron chi connectivity index (χ2n) is 26.6. The minimum atomic E-state index is -4.95. The zero-order valence-electron chi connectivity index (χ0n) is 58.6. The first-order valence-electron chi connectivity index (χ1n) is 36.9. The molecule has 7 atom stereocenters. The van der Waals surface area contributed by atoms with E-state index in [4.69, 9.17) is 37.0 Å². The molecule has 3 N–H and O–H groups in total. The molecule has 0 saturated heterocycles. The maximum Gasteiger partial charge on any atom is 0.472 e. The fraction of sp³-hybridized carbons (Fsp3) is 0.944. The smallest absolute Gasteiger partial charge is 0.462 e. The fourth-order valence-corrected chi connectivity index (χ4v) is 12.2. The maximum atomic E-state index is 13.0. The molecular weight excluding hydrogens is 1190 g/mol. The Bertz CT molecular complexity index is 1770. The van der Waals surface area contributed by atoms with Crippen LogP contribution in [0.3, 0.4) is 0 Å². The molecule has 0 aromatic heterocycles. The van der Waals surface area contributed by atoms with Crippen LogP contribution in [0.15, 0.2) is 0 Å². The van der Waals surface area contributed by atoms with E-state index in [9.17, 15) is 43.2 Å². The fourth-order valence-electron chi connectivity index (χ4n) is 10.7. The van der Waals surface area contributed by atoms with Crippen molar-refractivity contribution in [2.45, 2.75) is 375 Å². The SMILES string of the molecule is CCCCCCCCCCCCCCCCCC(=O)O[C@H](COC(=O)CCCCCCCCCCC(C)CC)COP(=O)(O)OC[C@@H](O)COP(=O)(O)OC[C@@H](COC(=O)CCCCCCCCCCC(C)C)OC(=O)CCCCCCCCCCC(C)CC. The quantitative estimate of drug-likeness (QED) is 0.0222. The molecule has 0 radical (unpaired) electrons. The molecule has 17 nitrogen and oxygen atoms in total. The summed E-state index contributed by atoms with van der Waals surface area (Å²) < 4.78 is 68.3. The molecule has 0 aliphatic rings. The molecule has 90 heavy (non-hydrogen) atoms. The number of hydrogen-bond donors (Lipinski definition) is 3. The predicted octanol–water partition coefficient (Wildman–Crippen LogP) is 20.2. The molecule has 0 saturated carbocycles. The second-order valence-corrected chi connectivity index (χ2v) is 29.5. The Kier molecular flexibility index (Phi) is 60.6. The van der Waals surface area contributed by atoms with Crippen LogP contribution in [0.4, 0.5) is 0 Å². The summed E-state index contributed by atoms with van der Waals surface area (Å²) in [6, 6.07) is 0. The molecule has 0 aliphatic heterocycles. The van der Waals surface area contributed by atoms with E-state index in [1.54, 1.807) is 0 Å². The summed E-state index contributed by atoms with van der Waals surface area (Å²) in [7, 11) is -9.90. The summed E-state index contributed by atoms with van der Waals surface area (Å²) >= 11 is 0. The lowest BCUT2D eigenvalue weighted by Gasteiger charge is -2.21. The molecule has 0 aromatic rings. The highest BCUT2D eigenvalue weighted by Crippen LogP contribution is 2.45. The lowest BCUT2D eigenvalue weighted by Crippen LogP contribution is -2.30.